The Kier molecular flexibility index (Phi) is 5.21. The zero-order valence-corrected chi connectivity index (χ0v) is 15.6. The maximum Gasteiger partial charge on any atom is 0.222 e. The lowest BCUT2D eigenvalue weighted by atomic mass is 9.80. The van der Waals surface area contributed by atoms with Crippen molar-refractivity contribution in [3.05, 3.63) is 59.5 Å². The molecule has 142 valence electrons. The SMILES string of the molecule is CC(=O)Nc1ccc(CN[C@@H](c2ccccc2F)[C@@H]2C[C@H]3CC[C@H]2C3)cn1. The molecule has 2 bridgehead atoms. The third-order valence-electron chi connectivity index (χ3n) is 6.12. The van der Waals surface area contributed by atoms with Gasteiger partial charge in [0.2, 0.25) is 5.91 Å². The molecule has 1 aromatic carbocycles. The van der Waals surface area contributed by atoms with Crippen LogP contribution in [0.1, 0.15) is 49.8 Å². The fourth-order valence-corrected chi connectivity index (χ4v) is 4.93. The Balaban J connectivity index is 1.50. The van der Waals surface area contributed by atoms with Gasteiger partial charge in [0, 0.05) is 31.3 Å². The lowest BCUT2D eigenvalue weighted by Crippen LogP contribution is -2.32. The molecule has 0 spiro atoms. The molecule has 4 atom stereocenters. The standard InChI is InChI=1S/C22H26FN3O/c1-14(27)26-21-9-7-16(12-24-21)13-25-22(18-4-2-3-5-20(18)23)19-11-15-6-8-17(19)10-15/h2-5,7,9,12,15,17,19,22,25H,6,8,10-11,13H2,1H3,(H,24,26,27)/t15-,17-,19+,22-/m0/s1. The zero-order chi connectivity index (χ0) is 18.8. The number of amides is 1. The molecule has 27 heavy (non-hydrogen) atoms. The minimum absolute atomic E-state index is 0.0246. The van der Waals surface area contributed by atoms with Gasteiger partial charge in [-0.3, -0.25) is 4.79 Å². The average molecular weight is 367 g/mol. The van der Waals surface area contributed by atoms with Gasteiger partial charge in [-0.15, -0.1) is 0 Å². The molecule has 0 unspecified atom stereocenters. The van der Waals surface area contributed by atoms with Crippen LogP contribution in [0.5, 0.6) is 0 Å². The fourth-order valence-electron chi connectivity index (χ4n) is 4.93. The molecule has 2 aliphatic carbocycles. The molecule has 0 radical (unpaired) electrons. The summed E-state index contributed by atoms with van der Waals surface area (Å²) in [7, 11) is 0. The van der Waals surface area contributed by atoms with Gasteiger partial charge >= 0.3 is 0 Å². The summed E-state index contributed by atoms with van der Waals surface area (Å²) in [5.41, 5.74) is 1.80. The number of anilines is 1. The van der Waals surface area contributed by atoms with Gasteiger partial charge in [0.15, 0.2) is 0 Å². The van der Waals surface area contributed by atoms with Crippen molar-refractivity contribution in [1.82, 2.24) is 10.3 Å². The molecule has 0 saturated heterocycles. The smallest absolute Gasteiger partial charge is 0.222 e. The largest absolute Gasteiger partial charge is 0.311 e. The predicted molar refractivity (Wildman–Crippen MR) is 103 cm³/mol. The summed E-state index contributed by atoms with van der Waals surface area (Å²) in [6.45, 7) is 2.09. The van der Waals surface area contributed by atoms with E-state index in [1.54, 1.807) is 24.4 Å². The number of hydrogen-bond donors (Lipinski definition) is 2. The summed E-state index contributed by atoms with van der Waals surface area (Å²) in [5, 5.41) is 6.29. The molecule has 1 heterocycles. The third-order valence-corrected chi connectivity index (χ3v) is 6.12. The number of rotatable bonds is 6. The molecule has 0 aliphatic heterocycles. The first-order valence-electron chi connectivity index (χ1n) is 9.80. The second kappa shape index (κ2) is 7.77. The summed E-state index contributed by atoms with van der Waals surface area (Å²) < 4.78 is 14.5. The Morgan fingerprint density at radius 1 is 1.22 bits per heavy atom. The molecule has 2 saturated carbocycles. The maximum absolute atomic E-state index is 14.5. The van der Waals surface area contributed by atoms with Crippen molar-refractivity contribution in [1.29, 1.82) is 0 Å². The van der Waals surface area contributed by atoms with Crippen LogP contribution in [-0.4, -0.2) is 10.9 Å². The Hall–Kier alpha value is -2.27. The number of aromatic nitrogens is 1. The highest BCUT2D eigenvalue weighted by Crippen LogP contribution is 2.52. The lowest BCUT2D eigenvalue weighted by molar-refractivity contribution is -0.114. The van der Waals surface area contributed by atoms with Crippen LogP contribution in [0.25, 0.3) is 0 Å². The van der Waals surface area contributed by atoms with E-state index in [1.807, 2.05) is 18.2 Å². The monoisotopic (exact) mass is 367 g/mol. The van der Waals surface area contributed by atoms with E-state index in [4.69, 9.17) is 0 Å². The number of fused-ring (bicyclic) bond motifs is 2. The van der Waals surface area contributed by atoms with E-state index >= 15 is 0 Å². The third kappa shape index (κ3) is 4.03. The first kappa shape index (κ1) is 18.1. The van der Waals surface area contributed by atoms with Crippen LogP contribution in [0, 0.1) is 23.6 Å². The summed E-state index contributed by atoms with van der Waals surface area (Å²) in [4.78, 5) is 15.4. The summed E-state index contributed by atoms with van der Waals surface area (Å²) in [5.74, 6) is 2.29. The average Bonchev–Trinajstić information content (AvgIpc) is 3.28. The summed E-state index contributed by atoms with van der Waals surface area (Å²) in [6.07, 6.45) is 6.85. The van der Waals surface area contributed by atoms with Crippen LogP contribution in [0.2, 0.25) is 0 Å². The number of carbonyl (C=O) groups excluding carboxylic acids is 1. The fraction of sp³-hybridized carbons (Fsp3) is 0.455. The van der Waals surface area contributed by atoms with E-state index in [9.17, 15) is 9.18 Å². The molecular weight excluding hydrogens is 341 g/mol. The predicted octanol–water partition coefficient (Wildman–Crippen LogP) is 4.45. The number of nitrogens with zero attached hydrogens (tertiary/aromatic N) is 1. The van der Waals surface area contributed by atoms with Crippen LogP contribution in [-0.2, 0) is 11.3 Å². The van der Waals surface area contributed by atoms with Gasteiger partial charge in [-0.05, 0) is 54.7 Å². The second-order valence-corrected chi connectivity index (χ2v) is 7.95. The van der Waals surface area contributed by atoms with E-state index in [2.05, 4.69) is 15.6 Å². The van der Waals surface area contributed by atoms with Crippen LogP contribution in [0.15, 0.2) is 42.6 Å². The van der Waals surface area contributed by atoms with Crippen molar-refractivity contribution in [2.45, 2.75) is 45.2 Å². The van der Waals surface area contributed by atoms with E-state index in [0.717, 1.165) is 17.0 Å². The minimum atomic E-state index is -0.135. The highest BCUT2D eigenvalue weighted by molar-refractivity contribution is 5.87. The molecule has 4 nitrogen and oxygen atoms in total. The van der Waals surface area contributed by atoms with Crippen molar-refractivity contribution in [3.8, 4) is 0 Å². The minimum Gasteiger partial charge on any atom is -0.311 e. The van der Waals surface area contributed by atoms with Crippen LogP contribution in [0.4, 0.5) is 10.2 Å². The Bertz CT molecular complexity index is 807. The van der Waals surface area contributed by atoms with Gasteiger partial charge < -0.3 is 10.6 Å². The number of hydrogen-bond acceptors (Lipinski definition) is 3. The normalized spacial score (nSPS) is 24.7. The van der Waals surface area contributed by atoms with Crippen molar-refractivity contribution in [3.63, 3.8) is 0 Å². The molecule has 5 heteroatoms. The van der Waals surface area contributed by atoms with Gasteiger partial charge in [0.25, 0.3) is 0 Å². The quantitative estimate of drug-likeness (QED) is 0.793. The Morgan fingerprint density at radius 2 is 2.07 bits per heavy atom. The molecule has 2 aliphatic rings. The number of benzene rings is 1. The number of pyridine rings is 1. The first-order valence-corrected chi connectivity index (χ1v) is 9.80. The zero-order valence-electron chi connectivity index (χ0n) is 15.6. The number of halogens is 1. The van der Waals surface area contributed by atoms with Crippen molar-refractivity contribution in [2.24, 2.45) is 17.8 Å². The van der Waals surface area contributed by atoms with Crippen molar-refractivity contribution >= 4 is 11.7 Å². The Labute approximate surface area is 159 Å². The molecule has 2 fully saturated rings. The van der Waals surface area contributed by atoms with Gasteiger partial charge in [-0.2, -0.15) is 0 Å². The van der Waals surface area contributed by atoms with Gasteiger partial charge in [-0.1, -0.05) is 30.7 Å². The highest BCUT2D eigenvalue weighted by Gasteiger charge is 2.43. The highest BCUT2D eigenvalue weighted by atomic mass is 19.1. The van der Waals surface area contributed by atoms with Crippen molar-refractivity contribution < 1.29 is 9.18 Å². The van der Waals surface area contributed by atoms with Crippen LogP contribution < -0.4 is 10.6 Å². The number of carbonyl (C=O) groups is 1. The van der Waals surface area contributed by atoms with E-state index in [1.165, 1.54) is 32.6 Å². The number of nitrogens with one attached hydrogen (secondary N) is 2. The maximum atomic E-state index is 14.5. The molecule has 2 aromatic rings. The molecule has 1 amide bonds. The summed E-state index contributed by atoms with van der Waals surface area (Å²) >= 11 is 0. The molecule has 4 rings (SSSR count). The van der Waals surface area contributed by atoms with E-state index in [-0.39, 0.29) is 17.8 Å². The molecular formula is C22H26FN3O. The second-order valence-electron chi connectivity index (χ2n) is 7.95. The van der Waals surface area contributed by atoms with Gasteiger partial charge in [-0.25, -0.2) is 9.37 Å². The first-order chi connectivity index (χ1) is 13.1. The lowest BCUT2D eigenvalue weighted by Gasteiger charge is -2.32. The Morgan fingerprint density at radius 3 is 2.70 bits per heavy atom. The van der Waals surface area contributed by atoms with E-state index < -0.39 is 0 Å². The van der Waals surface area contributed by atoms with Crippen LogP contribution in [0.3, 0.4) is 0 Å². The molecule has 2 N–H and O–H groups in total. The molecule has 1 aromatic heterocycles. The summed E-state index contributed by atoms with van der Waals surface area (Å²) in [6, 6.07) is 10.9. The van der Waals surface area contributed by atoms with Gasteiger partial charge in [0.1, 0.15) is 11.6 Å². The topological polar surface area (TPSA) is 54.0 Å². The van der Waals surface area contributed by atoms with Gasteiger partial charge in [0.05, 0.1) is 0 Å². The van der Waals surface area contributed by atoms with E-state index in [0.29, 0.717) is 24.2 Å². The van der Waals surface area contributed by atoms with Crippen LogP contribution >= 0.6 is 0 Å². The van der Waals surface area contributed by atoms with Crippen molar-refractivity contribution in [2.75, 3.05) is 5.32 Å².